The van der Waals surface area contributed by atoms with Gasteiger partial charge in [0.1, 0.15) is 12.0 Å². The lowest BCUT2D eigenvalue weighted by molar-refractivity contribution is -0.122. The van der Waals surface area contributed by atoms with Crippen molar-refractivity contribution < 1.29 is 14.3 Å². The van der Waals surface area contributed by atoms with Crippen molar-refractivity contribution >= 4 is 24.0 Å². The topological polar surface area (TPSA) is 55.4 Å². The van der Waals surface area contributed by atoms with Crippen LogP contribution in [0.25, 0.3) is 0 Å². The van der Waals surface area contributed by atoms with Crippen LogP contribution < -0.4 is 10.1 Å². The maximum absolute atomic E-state index is 11.7. The van der Waals surface area contributed by atoms with Gasteiger partial charge < -0.3 is 10.1 Å². The van der Waals surface area contributed by atoms with Crippen LogP contribution in [-0.2, 0) is 4.79 Å². The van der Waals surface area contributed by atoms with Gasteiger partial charge in [-0.25, -0.2) is 0 Å². The first-order chi connectivity index (χ1) is 11.2. The van der Waals surface area contributed by atoms with Crippen molar-refractivity contribution in [2.75, 3.05) is 18.9 Å². The lowest BCUT2D eigenvalue weighted by Gasteiger charge is -2.08. The van der Waals surface area contributed by atoms with Crippen molar-refractivity contribution in [3.63, 3.8) is 0 Å². The summed E-state index contributed by atoms with van der Waals surface area (Å²) in [6.07, 6.45) is 0.745. The van der Waals surface area contributed by atoms with E-state index in [1.165, 1.54) is 10.5 Å². The van der Waals surface area contributed by atoms with Gasteiger partial charge in [-0.1, -0.05) is 29.8 Å². The van der Waals surface area contributed by atoms with E-state index in [4.69, 9.17) is 4.74 Å². The summed E-state index contributed by atoms with van der Waals surface area (Å²) in [5.74, 6) is 1.14. The molecule has 0 aliphatic heterocycles. The van der Waals surface area contributed by atoms with Gasteiger partial charge in [0.05, 0.1) is 0 Å². The number of hydrogen-bond donors (Lipinski definition) is 1. The standard InChI is InChI=1S/C18H19NO3S/c1-14-5-7-17(8-6-14)23-10-9-19-18(21)13-22-16-4-2-3-15(11-16)12-20/h2-8,11-12H,9-10,13H2,1H3,(H,19,21). The predicted octanol–water partition coefficient (Wildman–Crippen LogP) is 3.09. The van der Waals surface area contributed by atoms with Gasteiger partial charge in [-0.3, -0.25) is 9.59 Å². The van der Waals surface area contributed by atoms with Crippen molar-refractivity contribution in [3.8, 4) is 5.75 Å². The van der Waals surface area contributed by atoms with Crippen LogP contribution in [-0.4, -0.2) is 31.1 Å². The fraction of sp³-hybridized carbons (Fsp3) is 0.222. The molecule has 2 aromatic rings. The molecule has 5 heteroatoms. The van der Waals surface area contributed by atoms with Gasteiger partial charge in [0.25, 0.3) is 5.91 Å². The lowest BCUT2D eigenvalue weighted by atomic mass is 10.2. The van der Waals surface area contributed by atoms with Gasteiger partial charge >= 0.3 is 0 Å². The maximum Gasteiger partial charge on any atom is 0.257 e. The van der Waals surface area contributed by atoms with Gasteiger partial charge in [-0.2, -0.15) is 0 Å². The molecule has 0 heterocycles. The molecule has 0 saturated heterocycles. The molecule has 0 saturated carbocycles. The van der Waals surface area contributed by atoms with E-state index in [1.807, 2.05) is 0 Å². The molecule has 2 aromatic carbocycles. The zero-order valence-corrected chi connectivity index (χ0v) is 13.8. The number of nitrogens with one attached hydrogen (secondary N) is 1. The molecule has 120 valence electrons. The van der Waals surface area contributed by atoms with Crippen LogP contribution in [0.15, 0.2) is 53.4 Å². The van der Waals surface area contributed by atoms with E-state index in [0.29, 0.717) is 17.9 Å². The second kappa shape index (κ2) is 9.00. The Kier molecular flexibility index (Phi) is 6.69. The fourth-order valence-electron chi connectivity index (χ4n) is 1.87. The molecular formula is C18H19NO3S. The van der Waals surface area contributed by atoms with Crippen LogP contribution in [0.1, 0.15) is 15.9 Å². The van der Waals surface area contributed by atoms with Crippen molar-refractivity contribution in [2.45, 2.75) is 11.8 Å². The van der Waals surface area contributed by atoms with Gasteiger partial charge in [0.2, 0.25) is 0 Å². The SMILES string of the molecule is Cc1ccc(SCCNC(=O)COc2cccc(C=O)c2)cc1. The van der Waals surface area contributed by atoms with Crippen molar-refractivity contribution in [2.24, 2.45) is 0 Å². The maximum atomic E-state index is 11.7. The fourth-order valence-corrected chi connectivity index (χ4v) is 2.64. The minimum Gasteiger partial charge on any atom is -0.484 e. The highest BCUT2D eigenvalue weighted by Crippen LogP contribution is 2.17. The van der Waals surface area contributed by atoms with Gasteiger partial charge in [-0.05, 0) is 31.2 Å². The number of aryl methyl sites for hydroxylation is 1. The number of thioether (sulfide) groups is 1. The molecule has 0 fully saturated rings. The van der Waals surface area contributed by atoms with E-state index in [0.717, 1.165) is 12.0 Å². The molecule has 0 atom stereocenters. The van der Waals surface area contributed by atoms with E-state index < -0.39 is 0 Å². The minimum atomic E-state index is -0.175. The van der Waals surface area contributed by atoms with E-state index in [2.05, 4.69) is 36.5 Å². The molecule has 0 aliphatic rings. The Bertz CT molecular complexity index is 656. The summed E-state index contributed by atoms with van der Waals surface area (Å²) in [6.45, 7) is 2.58. The Balaban J connectivity index is 1.65. The lowest BCUT2D eigenvalue weighted by Crippen LogP contribution is -2.30. The van der Waals surface area contributed by atoms with Crippen molar-refractivity contribution in [3.05, 3.63) is 59.7 Å². The summed E-state index contributed by atoms with van der Waals surface area (Å²) < 4.78 is 5.36. The van der Waals surface area contributed by atoms with E-state index >= 15 is 0 Å². The molecule has 0 bridgehead atoms. The molecule has 2 rings (SSSR count). The summed E-state index contributed by atoms with van der Waals surface area (Å²) in [6, 6.07) is 15.0. The zero-order valence-electron chi connectivity index (χ0n) is 13.0. The number of hydrogen-bond acceptors (Lipinski definition) is 4. The normalized spacial score (nSPS) is 10.1. The molecule has 1 amide bonds. The first-order valence-electron chi connectivity index (χ1n) is 7.31. The average Bonchev–Trinajstić information content (AvgIpc) is 2.58. The van der Waals surface area contributed by atoms with Crippen LogP contribution in [0.5, 0.6) is 5.75 Å². The highest BCUT2D eigenvalue weighted by atomic mass is 32.2. The third-order valence-electron chi connectivity index (χ3n) is 3.08. The summed E-state index contributed by atoms with van der Waals surface area (Å²) in [7, 11) is 0. The molecule has 1 N–H and O–H groups in total. The predicted molar refractivity (Wildman–Crippen MR) is 92.2 cm³/mol. The summed E-state index contributed by atoms with van der Waals surface area (Å²) in [5.41, 5.74) is 1.76. The van der Waals surface area contributed by atoms with Crippen LogP contribution in [0, 0.1) is 6.92 Å². The van der Waals surface area contributed by atoms with Crippen LogP contribution in [0.2, 0.25) is 0 Å². The Hall–Kier alpha value is -2.27. The number of ether oxygens (including phenoxy) is 1. The smallest absolute Gasteiger partial charge is 0.257 e. The number of carbonyl (C=O) groups is 2. The number of benzene rings is 2. The number of amides is 1. The number of aldehydes is 1. The van der Waals surface area contributed by atoms with E-state index in [1.54, 1.807) is 36.0 Å². The first-order valence-corrected chi connectivity index (χ1v) is 8.30. The van der Waals surface area contributed by atoms with Gasteiger partial charge in [-0.15, -0.1) is 11.8 Å². The van der Waals surface area contributed by atoms with E-state index in [9.17, 15) is 9.59 Å². The average molecular weight is 329 g/mol. The Labute approximate surface area is 140 Å². The Morgan fingerprint density at radius 2 is 2.00 bits per heavy atom. The summed E-state index contributed by atoms with van der Waals surface area (Å²) in [5, 5.41) is 2.81. The Morgan fingerprint density at radius 3 is 2.74 bits per heavy atom. The highest BCUT2D eigenvalue weighted by molar-refractivity contribution is 7.99. The van der Waals surface area contributed by atoms with E-state index in [-0.39, 0.29) is 12.5 Å². The van der Waals surface area contributed by atoms with Crippen LogP contribution in [0.4, 0.5) is 0 Å². The Morgan fingerprint density at radius 1 is 1.22 bits per heavy atom. The minimum absolute atomic E-state index is 0.0580. The monoisotopic (exact) mass is 329 g/mol. The van der Waals surface area contributed by atoms with Crippen LogP contribution in [0.3, 0.4) is 0 Å². The van der Waals surface area contributed by atoms with Crippen LogP contribution >= 0.6 is 11.8 Å². The molecule has 4 nitrogen and oxygen atoms in total. The first kappa shape index (κ1) is 17.1. The highest BCUT2D eigenvalue weighted by Gasteiger charge is 2.03. The zero-order chi connectivity index (χ0) is 16.5. The third kappa shape index (κ3) is 6.16. The second-order valence-corrected chi connectivity index (χ2v) is 6.16. The summed E-state index contributed by atoms with van der Waals surface area (Å²) in [4.78, 5) is 23.6. The molecule has 0 aliphatic carbocycles. The molecule has 23 heavy (non-hydrogen) atoms. The molecule has 0 spiro atoms. The van der Waals surface area contributed by atoms with Gasteiger partial charge in [0.15, 0.2) is 6.61 Å². The third-order valence-corrected chi connectivity index (χ3v) is 4.09. The number of carbonyl (C=O) groups excluding carboxylic acids is 2. The quantitative estimate of drug-likeness (QED) is 0.459. The molecular weight excluding hydrogens is 310 g/mol. The molecule has 0 unspecified atom stereocenters. The largest absolute Gasteiger partial charge is 0.484 e. The van der Waals surface area contributed by atoms with Gasteiger partial charge in [0, 0.05) is 22.8 Å². The van der Waals surface area contributed by atoms with Crippen molar-refractivity contribution in [1.82, 2.24) is 5.32 Å². The molecule has 0 aromatic heterocycles. The van der Waals surface area contributed by atoms with Crippen molar-refractivity contribution in [1.29, 1.82) is 0 Å². The second-order valence-electron chi connectivity index (χ2n) is 4.99. The summed E-state index contributed by atoms with van der Waals surface area (Å²) >= 11 is 1.70. The number of rotatable bonds is 8. The molecule has 0 radical (unpaired) electrons.